The van der Waals surface area contributed by atoms with Crippen molar-refractivity contribution in [2.24, 2.45) is 0 Å². The van der Waals surface area contributed by atoms with Gasteiger partial charge in [0, 0.05) is 13.1 Å². The Kier molecular flexibility index (Phi) is 3.31. The van der Waals surface area contributed by atoms with Crippen LogP contribution in [0.3, 0.4) is 0 Å². The highest BCUT2D eigenvalue weighted by atomic mass is 32.2. The lowest BCUT2D eigenvalue weighted by atomic mass is 10.1. The number of fused-ring (bicyclic) bond motifs is 1. The molecule has 1 heterocycles. The number of piperidine rings is 1. The van der Waals surface area contributed by atoms with Crippen molar-refractivity contribution >= 4 is 20.8 Å². The first-order valence-electron chi connectivity index (χ1n) is 7.83. The van der Waals surface area contributed by atoms with Gasteiger partial charge in [0.25, 0.3) is 0 Å². The molecular formula is C18H19NO2S. The molecule has 1 aliphatic carbocycles. The van der Waals surface area contributed by atoms with Crippen LogP contribution < -0.4 is 0 Å². The van der Waals surface area contributed by atoms with Gasteiger partial charge in [-0.15, -0.1) is 0 Å². The fourth-order valence-corrected chi connectivity index (χ4v) is 4.72. The predicted octanol–water partition coefficient (Wildman–Crippen LogP) is 3.71. The Morgan fingerprint density at radius 2 is 1.41 bits per heavy atom. The molecule has 0 atom stereocenters. The number of benzene rings is 2. The third-order valence-corrected chi connectivity index (χ3v) is 6.58. The van der Waals surface area contributed by atoms with E-state index in [2.05, 4.69) is 0 Å². The first kappa shape index (κ1) is 14.0. The molecule has 1 saturated carbocycles. The minimum absolute atomic E-state index is 0.411. The fourth-order valence-electron chi connectivity index (χ4n) is 3.24. The molecule has 114 valence electrons. The summed E-state index contributed by atoms with van der Waals surface area (Å²) in [5, 5.41) is 2.04. The number of nitrogens with zero attached hydrogens (tertiary/aromatic N) is 1. The van der Waals surface area contributed by atoms with Gasteiger partial charge >= 0.3 is 0 Å². The summed E-state index contributed by atoms with van der Waals surface area (Å²) in [6, 6.07) is 13.3. The molecule has 0 unspecified atom stereocenters. The minimum Gasteiger partial charge on any atom is -0.207 e. The average molecular weight is 313 g/mol. The number of sulfonamides is 1. The third-order valence-electron chi connectivity index (χ3n) is 4.68. The SMILES string of the molecule is O=S(=O)(c1ccc2ccccc2c1)N1CCC(=C2CC2)CC1. The highest BCUT2D eigenvalue weighted by Gasteiger charge is 2.29. The van der Waals surface area contributed by atoms with Crippen LogP contribution in [0, 0.1) is 0 Å². The predicted molar refractivity (Wildman–Crippen MR) is 88.2 cm³/mol. The Labute approximate surface area is 131 Å². The van der Waals surface area contributed by atoms with Gasteiger partial charge in [-0.25, -0.2) is 8.42 Å². The maximum Gasteiger partial charge on any atom is 0.243 e. The van der Waals surface area contributed by atoms with E-state index >= 15 is 0 Å². The zero-order valence-corrected chi connectivity index (χ0v) is 13.3. The van der Waals surface area contributed by atoms with E-state index in [-0.39, 0.29) is 0 Å². The van der Waals surface area contributed by atoms with Gasteiger partial charge in [0.2, 0.25) is 10.0 Å². The standard InChI is InChI=1S/C18H19NO2S/c20-22(21,19-11-9-16(10-12-19)15-5-6-15)18-8-7-14-3-1-2-4-17(14)13-18/h1-4,7-8,13H,5-6,9-12H2. The van der Waals surface area contributed by atoms with Gasteiger partial charge in [-0.05, 0) is 48.6 Å². The van der Waals surface area contributed by atoms with Gasteiger partial charge in [-0.3, -0.25) is 0 Å². The van der Waals surface area contributed by atoms with Gasteiger partial charge in [-0.1, -0.05) is 41.5 Å². The van der Waals surface area contributed by atoms with Gasteiger partial charge < -0.3 is 0 Å². The van der Waals surface area contributed by atoms with Crippen molar-refractivity contribution in [1.82, 2.24) is 4.31 Å². The summed E-state index contributed by atoms with van der Waals surface area (Å²) in [5.74, 6) is 0. The highest BCUT2D eigenvalue weighted by Crippen LogP contribution is 2.37. The van der Waals surface area contributed by atoms with E-state index in [1.54, 1.807) is 22.0 Å². The molecule has 0 radical (unpaired) electrons. The Morgan fingerprint density at radius 1 is 0.773 bits per heavy atom. The van der Waals surface area contributed by atoms with Crippen LogP contribution in [-0.4, -0.2) is 25.8 Å². The van der Waals surface area contributed by atoms with Crippen LogP contribution in [0.15, 0.2) is 58.5 Å². The van der Waals surface area contributed by atoms with E-state index in [0.717, 1.165) is 23.6 Å². The Morgan fingerprint density at radius 3 is 2.09 bits per heavy atom. The molecular weight excluding hydrogens is 294 g/mol. The molecule has 4 rings (SSSR count). The van der Waals surface area contributed by atoms with Crippen LogP contribution in [0.1, 0.15) is 25.7 Å². The maximum absolute atomic E-state index is 12.8. The molecule has 0 amide bonds. The summed E-state index contributed by atoms with van der Waals surface area (Å²) in [5.41, 5.74) is 3.08. The van der Waals surface area contributed by atoms with Crippen molar-refractivity contribution in [3.63, 3.8) is 0 Å². The minimum atomic E-state index is -3.37. The lowest BCUT2D eigenvalue weighted by Gasteiger charge is -2.27. The quantitative estimate of drug-likeness (QED) is 0.793. The van der Waals surface area contributed by atoms with Crippen LogP contribution >= 0.6 is 0 Å². The molecule has 0 spiro atoms. The normalized spacial score (nSPS) is 19.6. The molecule has 4 heteroatoms. The number of rotatable bonds is 2. The summed E-state index contributed by atoms with van der Waals surface area (Å²) in [7, 11) is -3.37. The largest absolute Gasteiger partial charge is 0.243 e. The van der Waals surface area contributed by atoms with Crippen molar-refractivity contribution in [2.75, 3.05) is 13.1 Å². The number of hydrogen-bond donors (Lipinski definition) is 0. The average Bonchev–Trinajstić information content (AvgIpc) is 3.39. The molecule has 2 aromatic carbocycles. The Bertz CT molecular complexity index is 852. The monoisotopic (exact) mass is 313 g/mol. The third kappa shape index (κ3) is 2.46. The van der Waals surface area contributed by atoms with Crippen molar-refractivity contribution in [3.05, 3.63) is 53.6 Å². The highest BCUT2D eigenvalue weighted by molar-refractivity contribution is 7.89. The smallest absolute Gasteiger partial charge is 0.207 e. The molecule has 1 saturated heterocycles. The van der Waals surface area contributed by atoms with Gasteiger partial charge in [0.15, 0.2) is 0 Å². The first-order chi connectivity index (χ1) is 10.6. The first-order valence-corrected chi connectivity index (χ1v) is 9.27. The van der Waals surface area contributed by atoms with Crippen LogP contribution in [0.2, 0.25) is 0 Å². The van der Waals surface area contributed by atoms with Gasteiger partial charge in [-0.2, -0.15) is 4.31 Å². The lowest BCUT2D eigenvalue weighted by Crippen LogP contribution is -2.36. The van der Waals surface area contributed by atoms with Crippen molar-refractivity contribution < 1.29 is 8.42 Å². The molecule has 22 heavy (non-hydrogen) atoms. The Balaban J connectivity index is 1.63. The molecule has 2 aliphatic rings. The zero-order chi connectivity index (χ0) is 15.2. The summed E-state index contributed by atoms with van der Waals surface area (Å²) in [4.78, 5) is 0.411. The second kappa shape index (κ2) is 5.21. The molecule has 2 aromatic rings. The number of allylic oxidation sites excluding steroid dienone is 1. The van der Waals surface area contributed by atoms with Crippen LogP contribution in [0.4, 0.5) is 0 Å². The number of hydrogen-bond acceptors (Lipinski definition) is 2. The topological polar surface area (TPSA) is 37.4 Å². The van der Waals surface area contributed by atoms with Crippen molar-refractivity contribution in [2.45, 2.75) is 30.6 Å². The molecule has 2 fully saturated rings. The molecule has 0 N–H and O–H groups in total. The summed E-state index contributed by atoms with van der Waals surface area (Å²) < 4.78 is 27.3. The van der Waals surface area contributed by atoms with E-state index in [1.807, 2.05) is 30.3 Å². The van der Waals surface area contributed by atoms with Crippen molar-refractivity contribution in [1.29, 1.82) is 0 Å². The molecule has 0 bridgehead atoms. The van der Waals surface area contributed by atoms with Crippen LogP contribution in [0.5, 0.6) is 0 Å². The maximum atomic E-state index is 12.8. The zero-order valence-electron chi connectivity index (χ0n) is 12.5. The molecule has 1 aliphatic heterocycles. The van der Waals surface area contributed by atoms with E-state index < -0.39 is 10.0 Å². The molecule has 0 aromatic heterocycles. The summed E-state index contributed by atoms with van der Waals surface area (Å²) in [6.07, 6.45) is 4.27. The second-order valence-electron chi connectivity index (χ2n) is 6.12. The van der Waals surface area contributed by atoms with Gasteiger partial charge in [0.1, 0.15) is 0 Å². The van der Waals surface area contributed by atoms with Crippen LogP contribution in [-0.2, 0) is 10.0 Å². The van der Waals surface area contributed by atoms with E-state index in [4.69, 9.17) is 0 Å². The lowest BCUT2D eigenvalue weighted by molar-refractivity contribution is 0.386. The van der Waals surface area contributed by atoms with E-state index in [0.29, 0.717) is 18.0 Å². The van der Waals surface area contributed by atoms with Crippen molar-refractivity contribution in [3.8, 4) is 0 Å². The Hall–Kier alpha value is -1.65. The fraction of sp³-hybridized carbons (Fsp3) is 0.333. The van der Waals surface area contributed by atoms with E-state index in [9.17, 15) is 8.42 Å². The van der Waals surface area contributed by atoms with Gasteiger partial charge in [0.05, 0.1) is 4.90 Å². The summed E-state index contributed by atoms with van der Waals surface area (Å²) >= 11 is 0. The molecule has 3 nitrogen and oxygen atoms in total. The summed E-state index contributed by atoms with van der Waals surface area (Å²) in [6.45, 7) is 1.24. The van der Waals surface area contributed by atoms with E-state index in [1.165, 1.54) is 18.4 Å². The second-order valence-corrected chi connectivity index (χ2v) is 8.06. The van der Waals surface area contributed by atoms with Crippen LogP contribution in [0.25, 0.3) is 10.8 Å².